The molecule has 112 valence electrons. The smallest absolute Gasteiger partial charge is 0.303 e. The maximum atomic E-state index is 11.8. The number of aliphatic carboxylic acids is 1. The third kappa shape index (κ3) is 6.12. The number of aryl methyl sites for hydroxylation is 1. The van der Waals surface area contributed by atoms with E-state index < -0.39 is 11.6 Å². The van der Waals surface area contributed by atoms with E-state index in [0.29, 0.717) is 18.0 Å². The van der Waals surface area contributed by atoms with Gasteiger partial charge in [-0.2, -0.15) is 0 Å². The Hall–Kier alpha value is -1.47. The third-order valence-corrected chi connectivity index (χ3v) is 3.57. The van der Waals surface area contributed by atoms with Crippen molar-refractivity contribution < 1.29 is 19.4 Å². The highest BCUT2D eigenvalue weighted by molar-refractivity contribution is 7.13. The van der Waals surface area contributed by atoms with Crippen LogP contribution in [0.3, 0.4) is 0 Å². The van der Waals surface area contributed by atoms with Crippen molar-refractivity contribution in [2.24, 2.45) is 0 Å². The predicted octanol–water partition coefficient (Wildman–Crippen LogP) is 2.30. The van der Waals surface area contributed by atoms with Crippen LogP contribution in [0.4, 0.5) is 5.13 Å². The number of carbonyl (C=O) groups is 2. The molecule has 0 aliphatic heterocycles. The second kappa shape index (κ2) is 7.35. The standard InChI is InChI=1S/C13H20N2O4S/c1-13(2,19-3)7-10(16)15-12-14-9(8-20-12)5-4-6-11(17)18/h8H,4-7H2,1-3H3,(H,17,18)(H,14,15,16). The highest BCUT2D eigenvalue weighted by Crippen LogP contribution is 2.19. The van der Waals surface area contributed by atoms with Crippen molar-refractivity contribution >= 4 is 28.3 Å². The van der Waals surface area contributed by atoms with E-state index in [0.717, 1.165) is 5.69 Å². The first kappa shape index (κ1) is 16.6. The summed E-state index contributed by atoms with van der Waals surface area (Å²) in [6, 6.07) is 0. The first-order valence-electron chi connectivity index (χ1n) is 6.33. The molecule has 0 unspecified atom stereocenters. The van der Waals surface area contributed by atoms with E-state index in [1.54, 1.807) is 7.11 Å². The molecule has 0 aliphatic carbocycles. The summed E-state index contributed by atoms with van der Waals surface area (Å²) in [7, 11) is 1.57. The molecule has 1 rings (SSSR count). The van der Waals surface area contributed by atoms with Gasteiger partial charge < -0.3 is 15.2 Å². The lowest BCUT2D eigenvalue weighted by Gasteiger charge is -2.21. The van der Waals surface area contributed by atoms with Gasteiger partial charge in [-0.1, -0.05) is 0 Å². The predicted molar refractivity (Wildman–Crippen MR) is 77.0 cm³/mol. The molecule has 0 bridgehead atoms. The number of ether oxygens (including phenoxy) is 1. The number of hydrogen-bond acceptors (Lipinski definition) is 5. The Kier molecular flexibility index (Phi) is 6.09. The zero-order valence-corrected chi connectivity index (χ0v) is 12.7. The first-order chi connectivity index (χ1) is 9.32. The highest BCUT2D eigenvalue weighted by Gasteiger charge is 2.21. The lowest BCUT2D eigenvalue weighted by molar-refractivity contribution is -0.137. The van der Waals surface area contributed by atoms with Crippen LogP contribution in [0, 0.1) is 0 Å². The summed E-state index contributed by atoms with van der Waals surface area (Å²) in [6.07, 6.45) is 1.52. The van der Waals surface area contributed by atoms with Crippen molar-refractivity contribution in [3.8, 4) is 0 Å². The van der Waals surface area contributed by atoms with Gasteiger partial charge in [0.25, 0.3) is 0 Å². The summed E-state index contributed by atoms with van der Waals surface area (Å²) in [5.74, 6) is -0.959. The number of anilines is 1. The van der Waals surface area contributed by atoms with Gasteiger partial charge in [-0.15, -0.1) is 11.3 Å². The summed E-state index contributed by atoms with van der Waals surface area (Å²) < 4.78 is 5.19. The number of carboxylic acids is 1. The van der Waals surface area contributed by atoms with Gasteiger partial charge in [0.15, 0.2) is 5.13 Å². The number of hydrogen-bond donors (Lipinski definition) is 2. The molecule has 0 aromatic carbocycles. The number of carbonyl (C=O) groups excluding carboxylic acids is 1. The topological polar surface area (TPSA) is 88.5 Å². The van der Waals surface area contributed by atoms with E-state index >= 15 is 0 Å². The molecule has 0 saturated heterocycles. The molecule has 0 atom stereocenters. The van der Waals surface area contributed by atoms with Crippen LogP contribution in [0.15, 0.2) is 5.38 Å². The number of nitrogens with zero attached hydrogens (tertiary/aromatic N) is 1. The molecule has 0 aliphatic rings. The second-order valence-electron chi connectivity index (χ2n) is 5.08. The summed E-state index contributed by atoms with van der Waals surface area (Å²) in [4.78, 5) is 26.5. The van der Waals surface area contributed by atoms with Crippen LogP contribution in [0.2, 0.25) is 0 Å². The Morgan fingerprint density at radius 3 is 2.80 bits per heavy atom. The summed E-state index contributed by atoms with van der Waals surface area (Å²) in [6.45, 7) is 3.68. The van der Waals surface area contributed by atoms with Gasteiger partial charge in [0.1, 0.15) is 0 Å². The van der Waals surface area contributed by atoms with Crippen LogP contribution < -0.4 is 5.32 Å². The Bertz CT molecular complexity index is 471. The van der Waals surface area contributed by atoms with Crippen molar-refractivity contribution in [2.75, 3.05) is 12.4 Å². The molecule has 1 amide bonds. The molecule has 1 aromatic rings. The average molecular weight is 300 g/mol. The fraction of sp³-hybridized carbons (Fsp3) is 0.615. The monoisotopic (exact) mass is 300 g/mol. The Morgan fingerprint density at radius 1 is 1.50 bits per heavy atom. The van der Waals surface area contributed by atoms with Crippen molar-refractivity contribution in [3.63, 3.8) is 0 Å². The van der Waals surface area contributed by atoms with Crippen molar-refractivity contribution in [1.29, 1.82) is 0 Å². The maximum Gasteiger partial charge on any atom is 0.303 e. The molecular weight excluding hydrogens is 280 g/mol. The number of carboxylic acid groups (broad SMARTS) is 1. The third-order valence-electron chi connectivity index (χ3n) is 2.76. The Morgan fingerprint density at radius 2 is 2.20 bits per heavy atom. The first-order valence-corrected chi connectivity index (χ1v) is 7.21. The van der Waals surface area contributed by atoms with Gasteiger partial charge in [-0.25, -0.2) is 4.98 Å². The molecule has 7 heteroatoms. The van der Waals surface area contributed by atoms with Crippen LogP contribution >= 0.6 is 11.3 Å². The quantitative estimate of drug-likeness (QED) is 0.769. The van der Waals surface area contributed by atoms with E-state index in [1.807, 2.05) is 19.2 Å². The molecule has 1 heterocycles. The summed E-state index contributed by atoms with van der Waals surface area (Å²) in [5.41, 5.74) is 0.295. The number of thiazole rings is 1. The van der Waals surface area contributed by atoms with Crippen molar-refractivity contribution in [2.45, 2.75) is 45.1 Å². The summed E-state index contributed by atoms with van der Waals surface area (Å²) in [5, 5.41) is 13.7. The van der Waals surface area contributed by atoms with Gasteiger partial charge in [0.2, 0.25) is 5.91 Å². The largest absolute Gasteiger partial charge is 0.481 e. The van der Waals surface area contributed by atoms with Crippen LogP contribution in [0.1, 0.15) is 38.8 Å². The Labute approximate surface area is 122 Å². The molecule has 1 aromatic heterocycles. The molecular formula is C13H20N2O4S. The zero-order valence-electron chi connectivity index (χ0n) is 11.9. The van der Waals surface area contributed by atoms with E-state index in [-0.39, 0.29) is 18.7 Å². The van der Waals surface area contributed by atoms with Crippen LogP contribution in [0.25, 0.3) is 0 Å². The average Bonchev–Trinajstić information content (AvgIpc) is 2.75. The second-order valence-corrected chi connectivity index (χ2v) is 5.94. The molecule has 0 saturated carbocycles. The van der Waals surface area contributed by atoms with Gasteiger partial charge in [0, 0.05) is 18.9 Å². The minimum Gasteiger partial charge on any atom is -0.481 e. The normalized spacial score (nSPS) is 11.3. The van der Waals surface area contributed by atoms with Crippen LogP contribution in [0.5, 0.6) is 0 Å². The fourth-order valence-corrected chi connectivity index (χ4v) is 2.28. The molecule has 6 nitrogen and oxygen atoms in total. The minimum absolute atomic E-state index is 0.126. The molecule has 0 fully saturated rings. The Balaban J connectivity index is 2.43. The molecule has 20 heavy (non-hydrogen) atoms. The van der Waals surface area contributed by atoms with Crippen LogP contribution in [-0.4, -0.2) is 34.7 Å². The van der Waals surface area contributed by atoms with Gasteiger partial charge in [-0.3, -0.25) is 9.59 Å². The van der Waals surface area contributed by atoms with Gasteiger partial charge in [0.05, 0.1) is 17.7 Å². The number of rotatable bonds is 8. The molecule has 2 N–H and O–H groups in total. The zero-order chi connectivity index (χ0) is 15.2. The highest BCUT2D eigenvalue weighted by atomic mass is 32.1. The van der Waals surface area contributed by atoms with Crippen molar-refractivity contribution in [3.05, 3.63) is 11.1 Å². The molecule has 0 spiro atoms. The van der Waals surface area contributed by atoms with E-state index in [2.05, 4.69) is 10.3 Å². The van der Waals surface area contributed by atoms with Crippen molar-refractivity contribution in [1.82, 2.24) is 4.98 Å². The minimum atomic E-state index is -0.810. The molecule has 0 radical (unpaired) electrons. The van der Waals surface area contributed by atoms with E-state index in [1.165, 1.54) is 11.3 Å². The number of aromatic nitrogens is 1. The van der Waals surface area contributed by atoms with E-state index in [4.69, 9.17) is 9.84 Å². The van der Waals surface area contributed by atoms with Gasteiger partial charge >= 0.3 is 5.97 Å². The number of amides is 1. The lowest BCUT2D eigenvalue weighted by Crippen LogP contribution is -2.29. The SMILES string of the molecule is COC(C)(C)CC(=O)Nc1nc(CCCC(=O)O)cs1. The van der Waals surface area contributed by atoms with Crippen LogP contribution in [-0.2, 0) is 20.7 Å². The lowest BCUT2D eigenvalue weighted by atomic mass is 10.1. The van der Waals surface area contributed by atoms with Gasteiger partial charge in [-0.05, 0) is 26.7 Å². The number of methoxy groups -OCH3 is 1. The number of nitrogens with one attached hydrogen (secondary N) is 1. The maximum absolute atomic E-state index is 11.8. The fourth-order valence-electron chi connectivity index (χ4n) is 1.52. The summed E-state index contributed by atoms with van der Waals surface area (Å²) >= 11 is 1.34. The van der Waals surface area contributed by atoms with E-state index in [9.17, 15) is 9.59 Å².